The molecule has 0 aliphatic rings. The van der Waals surface area contributed by atoms with Gasteiger partial charge in [-0.3, -0.25) is 4.79 Å². The van der Waals surface area contributed by atoms with Crippen LogP contribution < -0.4 is 11.1 Å². The summed E-state index contributed by atoms with van der Waals surface area (Å²) < 4.78 is 22.4. The highest BCUT2D eigenvalue weighted by Gasteiger charge is 2.07. The molecule has 1 atom stereocenters. The molecule has 0 spiro atoms. The van der Waals surface area contributed by atoms with Gasteiger partial charge in [-0.05, 0) is 18.1 Å². The molecule has 1 unspecified atom stereocenters. The summed E-state index contributed by atoms with van der Waals surface area (Å²) in [6, 6.07) is 7.00. The predicted molar refractivity (Wildman–Crippen MR) is 75.1 cm³/mol. The lowest BCUT2D eigenvalue weighted by Gasteiger charge is -2.08. The number of rotatable bonds is 6. The molecule has 6 heteroatoms. The first-order chi connectivity index (χ1) is 8.76. The van der Waals surface area contributed by atoms with E-state index in [4.69, 9.17) is 5.73 Å². The van der Waals surface area contributed by atoms with Gasteiger partial charge in [-0.25, -0.2) is 8.42 Å². The van der Waals surface area contributed by atoms with Crippen molar-refractivity contribution in [1.29, 1.82) is 0 Å². The van der Waals surface area contributed by atoms with Gasteiger partial charge in [0.25, 0.3) is 0 Å². The molecule has 106 valence electrons. The van der Waals surface area contributed by atoms with Crippen LogP contribution in [0.5, 0.6) is 0 Å². The van der Waals surface area contributed by atoms with E-state index >= 15 is 0 Å². The largest absolute Gasteiger partial charge is 0.352 e. The van der Waals surface area contributed by atoms with Gasteiger partial charge in [0.15, 0.2) is 9.84 Å². The molecule has 0 saturated carbocycles. The fourth-order valence-corrected chi connectivity index (χ4v) is 2.48. The van der Waals surface area contributed by atoms with Crippen molar-refractivity contribution in [3.05, 3.63) is 35.4 Å². The number of carbonyl (C=O) groups excluding carboxylic acids is 1. The van der Waals surface area contributed by atoms with Crippen LogP contribution in [0.2, 0.25) is 0 Å². The lowest BCUT2D eigenvalue weighted by molar-refractivity contribution is -0.121. The van der Waals surface area contributed by atoms with Gasteiger partial charge in [0.05, 0.1) is 5.75 Å². The zero-order chi connectivity index (χ0) is 14.5. The van der Waals surface area contributed by atoms with Gasteiger partial charge in [0.2, 0.25) is 5.91 Å². The highest BCUT2D eigenvalue weighted by molar-refractivity contribution is 7.89. The highest BCUT2D eigenvalue weighted by Crippen LogP contribution is 2.08. The Hall–Kier alpha value is -1.40. The predicted octanol–water partition coefficient (Wildman–Crippen LogP) is 0.585. The van der Waals surface area contributed by atoms with Gasteiger partial charge in [-0.2, -0.15) is 0 Å². The first-order valence-corrected chi connectivity index (χ1v) is 8.10. The third kappa shape index (κ3) is 6.93. The molecule has 1 aromatic carbocycles. The van der Waals surface area contributed by atoms with Gasteiger partial charge < -0.3 is 11.1 Å². The Kier molecular flexibility index (Phi) is 5.50. The quantitative estimate of drug-likeness (QED) is 0.800. The van der Waals surface area contributed by atoms with Crippen LogP contribution in [-0.4, -0.2) is 26.6 Å². The minimum absolute atomic E-state index is 0.00855. The maximum atomic E-state index is 11.5. The number of hydrogen-bond donors (Lipinski definition) is 2. The summed E-state index contributed by atoms with van der Waals surface area (Å²) in [4.78, 5) is 11.5. The van der Waals surface area contributed by atoms with Crippen LogP contribution in [0.4, 0.5) is 0 Å². The Balaban J connectivity index is 2.60. The minimum atomic E-state index is -3.04. The lowest BCUT2D eigenvalue weighted by Crippen LogP contribution is -2.29. The molecular formula is C13H20N2O3S. The van der Waals surface area contributed by atoms with E-state index in [-0.39, 0.29) is 24.1 Å². The van der Waals surface area contributed by atoms with Crippen LogP contribution in [0.3, 0.4) is 0 Å². The second-order valence-corrected chi connectivity index (χ2v) is 6.99. The molecule has 19 heavy (non-hydrogen) atoms. The Morgan fingerprint density at radius 1 is 1.37 bits per heavy atom. The molecule has 0 aromatic heterocycles. The van der Waals surface area contributed by atoms with Gasteiger partial charge in [-0.1, -0.05) is 24.3 Å². The van der Waals surface area contributed by atoms with Crippen LogP contribution in [0.25, 0.3) is 0 Å². The molecule has 1 rings (SSSR count). The molecule has 0 aliphatic heterocycles. The topological polar surface area (TPSA) is 89.3 Å². The van der Waals surface area contributed by atoms with E-state index in [0.29, 0.717) is 6.54 Å². The molecule has 3 N–H and O–H groups in total. The van der Waals surface area contributed by atoms with Gasteiger partial charge in [0.1, 0.15) is 0 Å². The summed E-state index contributed by atoms with van der Waals surface area (Å²) in [6.07, 6.45) is 1.48. The Bertz CT molecular complexity index is 539. The lowest BCUT2D eigenvalue weighted by atomic mass is 10.1. The van der Waals surface area contributed by atoms with Crippen LogP contribution >= 0.6 is 0 Å². The maximum absolute atomic E-state index is 11.5. The average molecular weight is 284 g/mol. The number of benzene rings is 1. The van der Waals surface area contributed by atoms with E-state index in [9.17, 15) is 13.2 Å². The molecule has 1 aromatic rings. The average Bonchev–Trinajstić information content (AvgIpc) is 2.23. The molecule has 1 amide bonds. The number of carbonyl (C=O) groups is 1. The number of sulfone groups is 1. The first kappa shape index (κ1) is 15.7. The van der Waals surface area contributed by atoms with Crippen molar-refractivity contribution in [3.63, 3.8) is 0 Å². The van der Waals surface area contributed by atoms with Crippen molar-refractivity contribution in [2.75, 3.05) is 6.26 Å². The summed E-state index contributed by atoms with van der Waals surface area (Å²) in [5.74, 6) is -0.0993. The summed E-state index contributed by atoms with van der Waals surface area (Å²) in [6.45, 7) is 2.15. The fraction of sp³-hybridized carbons (Fsp3) is 0.462. The van der Waals surface area contributed by atoms with E-state index in [1.165, 1.54) is 6.26 Å². The van der Waals surface area contributed by atoms with E-state index < -0.39 is 9.84 Å². The molecule has 0 aliphatic carbocycles. The van der Waals surface area contributed by atoms with Crippen LogP contribution in [0, 0.1) is 0 Å². The van der Waals surface area contributed by atoms with Crippen molar-refractivity contribution in [2.24, 2.45) is 5.73 Å². The number of nitrogens with two attached hydrogens (primary N) is 1. The van der Waals surface area contributed by atoms with Gasteiger partial charge >= 0.3 is 0 Å². The maximum Gasteiger partial charge on any atom is 0.221 e. The Morgan fingerprint density at radius 3 is 2.58 bits per heavy atom. The van der Waals surface area contributed by atoms with Crippen LogP contribution in [0.15, 0.2) is 24.3 Å². The molecule has 0 bridgehead atoms. The van der Waals surface area contributed by atoms with Gasteiger partial charge in [-0.15, -0.1) is 0 Å². The van der Waals surface area contributed by atoms with Crippen molar-refractivity contribution < 1.29 is 13.2 Å². The number of amides is 1. The summed E-state index contributed by atoms with van der Waals surface area (Å²) in [5, 5.41) is 2.75. The van der Waals surface area contributed by atoms with E-state index in [1.807, 2.05) is 6.07 Å². The summed E-state index contributed by atoms with van der Waals surface area (Å²) in [7, 11) is -3.04. The number of nitrogens with one attached hydrogen (secondary N) is 1. The monoisotopic (exact) mass is 284 g/mol. The van der Waals surface area contributed by atoms with Crippen molar-refractivity contribution in [3.8, 4) is 0 Å². The van der Waals surface area contributed by atoms with Gasteiger partial charge in [0, 0.05) is 25.3 Å². The second-order valence-electron chi connectivity index (χ2n) is 4.85. The molecular weight excluding hydrogens is 264 g/mol. The van der Waals surface area contributed by atoms with Crippen molar-refractivity contribution >= 4 is 15.7 Å². The zero-order valence-corrected chi connectivity index (χ0v) is 12.0. The SMILES string of the molecule is CC(N)CC(=O)NCc1cccc(CS(C)(=O)=O)c1. The smallest absolute Gasteiger partial charge is 0.221 e. The summed E-state index contributed by atoms with van der Waals surface area (Å²) >= 11 is 0. The third-order valence-corrected chi connectivity index (χ3v) is 3.28. The molecule has 0 saturated heterocycles. The molecule has 5 nitrogen and oxygen atoms in total. The number of hydrogen-bond acceptors (Lipinski definition) is 4. The summed E-state index contributed by atoms with van der Waals surface area (Å²) in [5.41, 5.74) is 7.13. The first-order valence-electron chi connectivity index (χ1n) is 6.04. The van der Waals surface area contributed by atoms with Crippen LogP contribution in [0.1, 0.15) is 24.5 Å². The highest BCUT2D eigenvalue weighted by atomic mass is 32.2. The fourth-order valence-electron chi connectivity index (χ4n) is 1.70. The Labute approximate surface area is 114 Å². The standard InChI is InChI=1S/C13H20N2O3S/c1-10(14)6-13(16)15-8-11-4-3-5-12(7-11)9-19(2,17)18/h3-5,7,10H,6,8-9,14H2,1-2H3,(H,15,16). The van der Waals surface area contributed by atoms with Crippen molar-refractivity contribution in [2.45, 2.75) is 31.7 Å². The minimum Gasteiger partial charge on any atom is -0.352 e. The van der Waals surface area contributed by atoms with E-state index in [0.717, 1.165) is 11.1 Å². The molecule has 0 radical (unpaired) electrons. The molecule has 0 fully saturated rings. The van der Waals surface area contributed by atoms with E-state index in [2.05, 4.69) is 5.32 Å². The van der Waals surface area contributed by atoms with E-state index in [1.54, 1.807) is 25.1 Å². The Morgan fingerprint density at radius 2 is 2.00 bits per heavy atom. The normalized spacial score (nSPS) is 13.0. The second kappa shape index (κ2) is 6.68. The van der Waals surface area contributed by atoms with Crippen LogP contribution in [-0.2, 0) is 26.9 Å². The third-order valence-electron chi connectivity index (χ3n) is 2.42. The molecule has 0 heterocycles. The zero-order valence-electron chi connectivity index (χ0n) is 11.2. The van der Waals surface area contributed by atoms with Crippen molar-refractivity contribution in [1.82, 2.24) is 5.32 Å².